The highest BCUT2D eigenvalue weighted by molar-refractivity contribution is 8.00. The minimum absolute atomic E-state index is 0.132. The molecule has 0 unspecified atom stereocenters. The van der Waals surface area contributed by atoms with Gasteiger partial charge in [0.15, 0.2) is 0 Å². The van der Waals surface area contributed by atoms with Crippen LogP contribution in [-0.2, 0) is 14.6 Å². The van der Waals surface area contributed by atoms with E-state index in [4.69, 9.17) is 4.74 Å². The largest absolute Gasteiger partial charge is 0.501 e. The third-order valence-corrected chi connectivity index (χ3v) is 5.94. The van der Waals surface area contributed by atoms with Crippen LogP contribution in [0.4, 0.5) is 13.2 Å². The van der Waals surface area contributed by atoms with E-state index in [2.05, 4.69) is 4.90 Å². The summed E-state index contributed by atoms with van der Waals surface area (Å²) in [6.07, 6.45) is 0. The zero-order valence-corrected chi connectivity index (χ0v) is 13.3. The van der Waals surface area contributed by atoms with Crippen LogP contribution in [-0.4, -0.2) is 57.4 Å². The number of hydrogen-bond acceptors (Lipinski definition) is 5. The second kappa shape index (κ2) is 7.20. The summed E-state index contributed by atoms with van der Waals surface area (Å²) in [6, 6.07) is 5.24. The summed E-state index contributed by atoms with van der Waals surface area (Å²) in [7, 11) is -5.32. The average Bonchev–Trinajstić information content (AvgIpc) is 2.47. The first-order valence-corrected chi connectivity index (χ1v) is 9.12. The van der Waals surface area contributed by atoms with Crippen molar-refractivity contribution in [3.05, 3.63) is 24.3 Å². The quantitative estimate of drug-likeness (QED) is 0.759. The molecule has 0 amide bonds. The van der Waals surface area contributed by atoms with E-state index in [-0.39, 0.29) is 4.90 Å². The van der Waals surface area contributed by atoms with Gasteiger partial charge in [0.05, 0.1) is 18.1 Å². The van der Waals surface area contributed by atoms with E-state index < -0.39 is 20.2 Å². The first-order valence-electron chi connectivity index (χ1n) is 6.65. The molecule has 0 bridgehead atoms. The zero-order chi connectivity index (χ0) is 16.2. The zero-order valence-electron chi connectivity index (χ0n) is 11.7. The molecule has 1 heterocycles. The molecular formula is C13H16F3NO3S2. The van der Waals surface area contributed by atoms with E-state index >= 15 is 0 Å². The molecule has 1 fully saturated rings. The normalized spacial score (nSPS) is 17.6. The van der Waals surface area contributed by atoms with E-state index in [1.54, 1.807) is 0 Å². The third kappa shape index (κ3) is 4.15. The summed E-state index contributed by atoms with van der Waals surface area (Å²) in [5, 5.41) is 0. The highest BCUT2D eigenvalue weighted by atomic mass is 32.2. The summed E-state index contributed by atoms with van der Waals surface area (Å²) in [5.74, 6) is 0.518. The minimum Gasteiger partial charge on any atom is -0.379 e. The fourth-order valence-corrected chi connectivity index (χ4v) is 4.33. The number of ether oxygens (including phenoxy) is 1. The number of thioether (sulfide) groups is 1. The highest BCUT2D eigenvalue weighted by Crippen LogP contribution is 2.35. The Kier molecular flexibility index (Phi) is 5.76. The third-order valence-electron chi connectivity index (χ3n) is 3.21. The lowest BCUT2D eigenvalue weighted by Gasteiger charge is -2.26. The molecule has 4 nitrogen and oxygen atoms in total. The van der Waals surface area contributed by atoms with E-state index in [9.17, 15) is 21.6 Å². The van der Waals surface area contributed by atoms with Crippen molar-refractivity contribution in [3.8, 4) is 0 Å². The molecule has 0 radical (unpaired) electrons. The van der Waals surface area contributed by atoms with Gasteiger partial charge in [-0.3, -0.25) is 4.90 Å². The maximum atomic E-state index is 12.7. The van der Waals surface area contributed by atoms with Crippen molar-refractivity contribution in [3.63, 3.8) is 0 Å². The molecule has 2 rings (SSSR count). The maximum absolute atomic E-state index is 12.7. The van der Waals surface area contributed by atoms with Gasteiger partial charge in [-0.1, -0.05) is 12.1 Å². The molecule has 1 aromatic rings. The van der Waals surface area contributed by atoms with Gasteiger partial charge < -0.3 is 4.74 Å². The average molecular weight is 355 g/mol. The van der Waals surface area contributed by atoms with E-state index in [0.717, 1.165) is 30.9 Å². The molecule has 1 saturated heterocycles. The molecule has 0 N–H and O–H groups in total. The number of alkyl halides is 3. The Morgan fingerprint density at radius 1 is 1.18 bits per heavy atom. The molecule has 0 atom stereocenters. The summed E-state index contributed by atoms with van der Waals surface area (Å²) in [6.45, 7) is 3.52. The minimum atomic E-state index is -5.32. The standard InChI is InChI=1S/C13H16F3NO3S2/c14-13(15,16)22(18,19)12-4-2-1-3-11(12)21-10-7-17-5-8-20-9-6-17/h1-4H,5-10H2. The number of benzene rings is 1. The fourth-order valence-electron chi connectivity index (χ4n) is 2.03. The van der Waals surface area contributed by atoms with Crippen LogP contribution in [0.3, 0.4) is 0 Å². The van der Waals surface area contributed by atoms with Gasteiger partial charge in [-0.15, -0.1) is 11.8 Å². The molecule has 0 spiro atoms. The van der Waals surface area contributed by atoms with Crippen LogP contribution >= 0.6 is 11.8 Å². The van der Waals surface area contributed by atoms with Crippen molar-refractivity contribution >= 4 is 21.6 Å². The van der Waals surface area contributed by atoms with Gasteiger partial charge in [0.25, 0.3) is 9.84 Å². The first-order chi connectivity index (χ1) is 10.3. The molecule has 1 aliphatic rings. The van der Waals surface area contributed by atoms with Gasteiger partial charge in [0.2, 0.25) is 0 Å². The lowest BCUT2D eigenvalue weighted by atomic mass is 10.4. The van der Waals surface area contributed by atoms with Gasteiger partial charge in [-0.25, -0.2) is 8.42 Å². The van der Waals surface area contributed by atoms with E-state index in [0.29, 0.717) is 25.5 Å². The predicted molar refractivity (Wildman–Crippen MR) is 77.7 cm³/mol. The molecular weight excluding hydrogens is 339 g/mol. The Hall–Kier alpha value is -0.770. The Bertz CT molecular complexity index is 599. The summed E-state index contributed by atoms with van der Waals surface area (Å²) >= 11 is 1.12. The van der Waals surface area contributed by atoms with Gasteiger partial charge in [0, 0.05) is 30.3 Å². The first kappa shape index (κ1) is 17.6. The topological polar surface area (TPSA) is 46.6 Å². The van der Waals surface area contributed by atoms with Crippen LogP contribution in [0, 0.1) is 0 Å². The van der Waals surface area contributed by atoms with Crippen LogP contribution in [0.15, 0.2) is 34.1 Å². The van der Waals surface area contributed by atoms with Gasteiger partial charge in [0.1, 0.15) is 0 Å². The van der Waals surface area contributed by atoms with E-state index in [1.165, 1.54) is 18.2 Å². The second-order valence-corrected chi connectivity index (χ2v) is 7.74. The van der Waals surface area contributed by atoms with Gasteiger partial charge in [-0.05, 0) is 12.1 Å². The molecule has 1 aromatic carbocycles. The van der Waals surface area contributed by atoms with Crippen molar-refractivity contribution in [1.29, 1.82) is 0 Å². The van der Waals surface area contributed by atoms with Crippen LogP contribution in [0.1, 0.15) is 0 Å². The van der Waals surface area contributed by atoms with Crippen molar-refractivity contribution in [2.75, 3.05) is 38.6 Å². The number of sulfone groups is 1. The molecule has 1 aliphatic heterocycles. The second-order valence-electron chi connectivity index (χ2n) is 4.70. The van der Waals surface area contributed by atoms with Crippen molar-refractivity contribution < 1.29 is 26.3 Å². The Labute approximate surface area is 131 Å². The van der Waals surface area contributed by atoms with E-state index in [1.807, 2.05) is 0 Å². The number of hydrogen-bond donors (Lipinski definition) is 0. The molecule has 22 heavy (non-hydrogen) atoms. The lowest BCUT2D eigenvalue weighted by Crippen LogP contribution is -2.37. The predicted octanol–water partition coefficient (Wildman–Crippen LogP) is 2.40. The molecule has 0 aromatic heterocycles. The molecule has 9 heteroatoms. The Morgan fingerprint density at radius 3 is 2.45 bits per heavy atom. The number of nitrogens with zero attached hydrogens (tertiary/aromatic N) is 1. The Morgan fingerprint density at radius 2 is 1.82 bits per heavy atom. The smallest absolute Gasteiger partial charge is 0.379 e. The molecule has 0 saturated carbocycles. The monoisotopic (exact) mass is 355 g/mol. The fraction of sp³-hybridized carbons (Fsp3) is 0.538. The van der Waals surface area contributed by atoms with Crippen LogP contribution in [0.5, 0.6) is 0 Å². The number of rotatable bonds is 5. The highest BCUT2D eigenvalue weighted by Gasteiger charge is 2.47. The molecule has 0 aliphatic carbocycles. The van der Waals surface area contributed by atoms with Crippen molar-refractivity contribution in [2.45, 2.75) is 15.3 Å². The Balaban J connectivity index is 2.06. The van der Waals surface area contributed by atoms with Gasteiger partial charge in [-0.2, -0.15) is 13.2 Å². The summed E-state index contributed by atoms with van der Waals surface area (Å²) in [4.78, 5) is 1.60. The SMILES string of the molecule is O=S(=O)(c1ccccc1SCCN1CCOCC1)C(F)(F)F. The van der Waals surface area contributed by atoms with Crippen LogP contribution in [0.25, 0.3) is 0 Å². The van der Waals surface area contributed by atoms with Crippen LogP contribution in [0.2, 0.25) is 0 Å². The maximum Gasteiger partial charge on any atom is 0.501 e. The lowest BCUT2D eigenvalue weighted by molar-refractivity contribution is -0.0437. The van der Waals surface area contributed by atoms with Gasteiger partial charge >= 0.3 is 5.51 Å². The number of morpholine rings is 1. The summed E-state index contributed by atoms with van der Waals surface area (Å²) in [5.41, 5.74) is -5.28. The molecule has 124 valence electrons. The number of halogens is 3. The summed E-state index contributed by atoms with van der Waals surface area (Å²) < 4.78 is 66.4. The van der Waals surface area contributed by atoms with Crippen LogP contribution < -0.4 is 0 Å². The van der Waals surface area contributed by atoms with Crippen molar-refractivity contribution in [1.82, 2.24) is 4.90 Å². The van der Waals surface area contributed by atoms with Crippen molar-refractivity contribution in [2.24, 2.45) is 0 Å².